The van der Waals surface area contributed by atoms with Crippen LogP contribution in [-0.4, -0.2) is 64.1 Å². The number of nitrogens with one attached hydrogen (secondary N) is 1. The molecule has 0 radical (unpaired) electrons. The molecular formula is C33H43N5O5. The fourth-order valence-electron chi connectivity index (χ4n) is 5.80. The number of nitrogens with zero attached hydrogens (tertiary/aromatic N) is 4. The number of imidazole rings is 1. The van der Waals surface area contributed by atoms with Gasteiger partial charge in [-0.05, 0) is 90.2 Å². The minimum absolute atomic E-state index is 0.0584. The van der Waals surface area contributed by atoms with E-state index in [4.69, 9.17) is 24.3 Å². The van der Waals surface area contributed by atoms with Crippen molar-refractivity contribution < 1.29 is 23.8 Å². The van der Waals surface area contributed by atoms with Crippen molar-refractivity contribution in [2.75, 3.05) is 24.7 Å². The Kier molecular flexibility index (Phi) is 8.56. The van der Waals surface area contributed by atoms with Gasteiger partial charge in [-0.25, -0.2) is 14.3 Å². The van der Waals surface area contributed by atoms with Crippen LogP contribution in [0.5, 0.6) is 5.88 Å². The quantitative estimate of drug-likeness (QED) is 0.335. The van der Waals surface area contributed by atoms with Gasteiger partial charge in [0.15, 0.2) is 5.65 Å². The molecule has 230 valence electrons. The lowest BCUT2D eigenvalue weighted by molar-refractivity contribution is 0.0515. The second-order valence-electron chi connectivity index (χ2n) is 13.1. The molecule has 6 rings (SSSR count). The number of aromatic nitrogens is 3. The average Bonchev–Trinajstić information content (AvgIpc) is 3.71. The number of fused-ring (bicyclic) bond motifs is 1. The van der Waals surface area contributed by atoms with Crippen molar-refractivity contribution in [1.29, 1.82) is 0 Å². The molecule has 1 N–H and O–H groups in total. The lowest BCUT2D eigenvalue weighted by Crippen LogP contribution is -2.41. The molecule has 2 saturated carbocycles. The van der Waals surface area contributed by atoms with Gasteiger partial charge in [-0.2, -0.15) is 0 Å². The van der Waals surface area contributed by atoms with E-state index in [0.717, 1.165) is 62.6 Å². The largest absolute Gasteiger partial charge is 0.473 e. The molecule has 0 bridgehead atoms. The SMILES string of the molecule is CC(C)(C)OC(=O)N(CC1CCOCC1)c1cc(OC2CCCCC2)nn2c(-c3ccc(C(=O)NC4CC4)cc3)cnc12. The second-order valence-corrected chi connectivity index (χ2v) is 13.1. The van der Waals surface area contributed by atoms with E-state index in [9.17, 15) is 9.59 Å². The first-order valence-corrected chi connectivity index (χ1v) is 15.8. The fraction of sp³-hybridized carbons (Fsp3) is 0.576. The third kappa shape index (κ3) is 7.29. The van der Waals surface area contributed by atoms with Crippen LogP contribution in [0, 0.1) is 5.92 Å². The molecule has 0 unspecified atom stereocenters. The summed E-state index contributed by atoms with van der Waals surface area (Å²) in [5.74, 6) is 0.660. The summed E-state index contributed by atoms with van der Waals surface area (Å²) in [7, 11) is 0. The van der Waals surface area contributed by atoms with E-state index in [-0.39, 0.29) is 17.9 Å². The number of amides is 2. The van der Waals surface area contributed by atoms with Gasteiger partial charge in [0.05, 0.1) is 17.6 Å². The number of anilines is 1. The maximum Gasteiger partial charge on any atom is 0.414 e. The lowest BCUT2D eigenvalue weighted by Gasteiger charge is -2.32. The van der Waals surface area contributed by atoms with Crippen LogP contribution in [0.15, 0.2) is 36.5 Å². The first kappa shape index (κ1) is 29.4. The molecular weight excluding hydrogens is 546 g/mol. The van der Waals surface area contributed by atoms with Crippen LogP contribution in [0.2, 0.25) is 0 Å². The second kappa shape index (κ2) is 12.5. The van der Waals surface area contributed by atoms with E-state index in [1.165, 1.54) is 6.42 Å². The maximum atomic E-state index is 13.8. The minimum atomic E-state index is -0.663. The molecule has 0 spiro atoms. The fourth-order valence-corrected chi connectivity index (χ4v) is 5.80. The van der Waals surface area contributed by atoms with Gasteiger partial charge in [0.1, 0.15) is 11.7 Å². The number of hydrogen-bond acceptors (Lipinski definition) is 7. The smallest absolute Gasteiger partial charge is 0.414 e. The normalized spacial score (nSPS) is 18.4. The van der Waals surface area contributed by atoms with E-state index in [0.29, 0.717) is 48.6 Å². The Balaban J connectivity index is 1.39. The van der Waals surface area contributed by atoms with Crippen LogP contribution in [0.25, 0.3) is 16.9 Å². The molecule has 3 heterocycles. The molecule has 43 heavy (non-hydrogen) atoms. The number of ether oxygens (including phenoxy) is 3. The summed E-state index contributed by atoms with van der Waals surface area (Å²) in [6.45, 7) is 7.46. The van der Waals surface area contributed by atoms with Crippen LogP contribution >= 0.6 is 0 Å². The monoisotopic (exact) mass is 589 g/mol. The molecule has 1 saturated heterocycles. The summed E-state index contributed by atoms with van der Waals surface area (Å²) >= 11 is 0. The zero-order chi connectivity index (χ0) is 30.0. The van der Waals surface area contributed by atoms with E-state index >= 15 is 0 Å². The van der Waals surface area contributed by atoms with E-state index in [1.54, 1.807) is 15.6 Å². The Morgan fingerprint density at radius 2 is 1.74 bits per heavy atom. The van der Waals surface area contributed by atoms with Crippen molar-refractivity contribution in [1.82, 2.24) is 19.9 Å². The predicted octanol–water partition coefficient (Wildman–Crippen LogP) is 6.17. The van der Waals surface area contributed by atoms with E-state index in [2.05, 4.69) is 5.32 Å². The summed E-state index contributed by atoms with van der Waals surface area (Å²) in [6.07, 6.45) is 10.7. The van der Waals surface area contributed by atoms with Crippen molar-refractivity contribution in [2.24, 2.45) is 5.92 Å². The Morgan fingerprint density at radius 1 is 1.02 bits per heavy atom. The summed E-state index contributed by atoms with van der Waals surface area (Å²) in [6, 6.07) is 9.62. The molecule has 2 aliphatic carbocycles. The van der Waals surface area contributed by atoms with Crippen molar-refractivity contribution in [3.8, 4) is 17.1 Å². The lowest BCUT2D eigenvalue weighted by atomic mass is 9.98. The van der Waals surface area contributed by atoms with Crippen LogP contribution in [-0.2, 0) is 9.47 Å². The number of benzene rings is 1. The first-order valence-electron chi connectivity index (χ1n) is 15.8. The third-order valence-corrected chi connectivity index (χ3v) is 8.31. The predicted molar refractivity (Wildman–Crippen MR) is 164 cm³/mol. The summed E-state index contributed by atoms with van der Waals surface area (Å²) in [4.78, 5) is 32.8. The topological polar surface area (TPSA) is 107 Å². The summed E-state index contributed by atoms with van der Waals surface area (Å²) < 4.78 is 19.7. The molecule has 3 aromatic rings. The average molecular weight is 590 g/mol. The molecule has 1 aromatic carbocycles. The van der Waals surface area contributed by atoms with Crippen LogP contribution in [0.4, 0.5) is 10.5 Å². The minimum Gasteiger partial charge on any atom is -0.473 e. The highest BCUT2D eigenvalue weighted by Crippen LogP contribution is 2.33. The van der Waals surface area contributed by atoms with Crippen molar-refractivity contribution in [3.63, 3.8) is 0 Å². The molecule has 10 nitrogen and oxygen atoms in total. The Bertz CT molecular complexity index is 1430. The molecule has 0 atom stereocenters. The Labute approximate surface area is 253 Å². The van der Waals surface area contributed by atoms with Gasteiger partial charge in [0.2, 0.25) is 5.88 Å². The summed E-state index contributed by atoms with van der Waals surface area (Å²) in [5, 5.41) is 7.93. The molecule has 1 aliphatic heterocycles. The number of rotatable bonds is 8. The van der Waals surface area contributed by atoms with Crippen molar-refractivity contribution in [3.05, 3.63) is 42.1 Å². The van der Waals surface area contributed by atoms with Gasteiger partial charge in [0.25, 0.3) is 5.91 Å². The highest BCUT2D eigenvalue weighted by atomic mass is 16.6. The third-order valence-electron chi connectivity index (χ3n) is 8.31. The highest BCUT2D eigenvalue weighted by molar-refractivity contribution is 5.95. The van der Waals surface area contributed by atoms with Crippen molar-refractivity contribution in [2.45, 2.75) is 96.3 Å². The van der Waals surface area contributed by atoms with E-state index in [1.807, 2.05) is 51.1 Å². The number of carbonyl (C=O) groups excluding carboxylic acids is 2. The molecule has 10 heteroatoms. The Morgan fingerprint density at radius 3 is 2.42 bits per heavy atom. The van der Waals surface area contributed by atoms with Crippen molar-refractivity contribution >= 4 is 23.3 Å². The molecule has 2 amide bonds. The Hall–Kier alpha value is -3.66. The maximum absolute atomic E-state index is 13.8. The van der Waals surface area contributed by atoms with E-state index < -0.39 is 11.7 Å². The van der Waals surface area contributed by atoms with Crippen LogP contribution in [0.3, 0.4) is 0 Å². The summed E-state index contributed by atoms with van der Waals surface area (Å²) in [5.41, 5.74) is 2.70. The standard InChI is InChI=1S/C33H43N5O5/c1-33(2,3)43-32(40)37(21-22-15-17-41-18-16-22)27-19-29(42-26-7-5-4-6-8-26)36-38-28(20-34-30(27)38)23-9-11-24(12-10-23)31(39)35-25-13-14-25/h9-12,19-20,22,25-26H,4-8,13-18,21H2,1-3H3,(H,35,39). The number of carbonyl (C=O) groups is 2. The molecule has 2 aromatic heterocycles. The van der Waals surface area contributed by atoms with Gasteiger partial charge in [-0.1, -0.05) is 18.6 Å². The van der Waals surface area contributed by atoms with Crippen LogP contribution < -0.4 is 15.0 Å². The highest BCUT2D eigenvalue weighted by Gasteiger charge is 2.31. The molecule has 3 fully saturated rings. The zero-order valence-electron chi connectivity index (χ0n) is 25.5. The first-order chi connectivity index (χ1) is 20.7. The van der Waals surface area contributed by atoms with Gasteiger partial charge in [-0.3, -0.25) is 9.69 Å². The zero-order valence-corrected chi connectivity index (χ0v) is 25.5. The van der Waals surface area contributed by atoms with Gasteiger partial charge >= 0.3 is 6.09 Å². The van der Waals surface area contributed by atoms with Gasteiger partial charge in [0, 0.05) is 43.0 Å². The van der Waals surface area contributed by atoms with Gasteiger partial charge in [-0.15, -0.1) is 5.10 Å². The number of hydrogen-bond donors (Lipinski definition) is 1. The van der Waals surface area contributed by atoms with Crippen LogP contribution in [0.1, 0.15) is 88.9 Å². The molecule has 3 aliphatic rings. The van der Waals surface area contributed by atoms with Gasteiger partial charge < -0.3 is 19.5 Å².